The van der Waals surface area contributed by atoms with E-state index in [1.165, 1.54) is 0 Å². The highest BCUT2D eigenvalue weighted by Crippen LogP contribution is 2.23. The van der Waals surface area contributed by atoms with E-state index in [0.29, 0.717) is 17.1 Å². The number of carbonyl (C=O) groups is 1. The average Bonchev–Trinajstić information content (AvgIpc) is 2.55. The summed E-state index contributed by atoms with van der Waals surface area (Å²) in [6, 6.07) is 14.5. The van der Waals surface area contributed by atoms with Crippen molar-refractivity contribution in [1.29, 1.82) is 0 Å². The van der Waals surface area contributed by atoms with Gasteiger partial charge in [-0.1, -0.05) is 67.5 Å². The first-order chi connectivity index (χ1) is 11.7. The molecule has 0 radical (unpaired) electrons. The van der Waals surface area contributed by atoms with Crippen molar-refractivity contribution in [2.24, 2.45) is 5.73 Å². The lowest BCUT2D eigenvalue weighted by molar-refractivity contribution is -0.117. The largest absolute Gasteiger partial charge is 0.323 e. The van der Waals surface area contributed by atoms with Crippen molar-refractivity contribution in [3.63, 3.8) is 0 Å². The quantitative estimate of drug-likeness (QED) is 0.629. The molecule has 1 amide bonds. The number of halogens is 1. The first-order valence-corrected chi connectivity index (χ1v) is 12.1. The van der Waals surface area contributed by atoms with Crippen LogP contribution in [0.1, 0.15) is 11.1 Å². The van der Waals surface area contributed by atoms with E-state index in [9.17, 15) is 4.79 Å². The van der Waals surface area contributed by atoms with Crippen LogP contribution in [0.25, 0.3) is 0 Å². The number of nitrogens with two attached hydrogens (primary N) is 1. The van der Waals surface area contributed by atoms with Crippen molar-refractivity contribution in [2.45, 2.75) is 32.1 Å². The zero-order chi connectivity index (χ0) is 18.4. The lowest BCUT2D eigenvalue weighted by Crippen LogP contribution is -2.37. The van der Waals surface area contributed by atoms with Crippen LogP contribution < -0.4 is 11.1 Å². The summed E-state index contributed by atoms with van der Waals surface area (Å²) in [6.45, 7) is 6.55. The minimum atomic E-state index is -1.44. The first kappa shape index (κ1) is 19.3. The molecule has 0 fully saturated rings. The van der Waals surface area contributed by atoms with Gasteiger partial charge in [-0.05, 0) is 30.2 Å². The van der Waals surface area contributed by atoms with E-state index in [0.717, 1.165) is 11.1 Å². The van der Waals surface area contributed by atoms with E-state index in [1.807, 2.05) is 36.4 Å². The molecule has 1 atom stereocenters. The van der Waals surface area contributed by atoms with Crippen LogP contribution in [0.3, 0.4) is 0 Å². The molecule has 2 rings (SSSR count). The molecule has 3 N–H and O–H groups in total. The van der Waals surface area contributed by atoms with Gasteiger partial charge in [0.1, 0.15) is 8.07 Å². The number of hydrogen-bond donors (Lipinski definition) is 2. The molecule has 3 nitrogen and oxygen atoms in total. The smallest absolute Gasteiger partial charge is 0.241 e. The third kappa shape index (κ3) is 6.39. The molecule has 0 heterocycles. The van der Waals surface area contributed by atoms with Crippen molar-refractivity contribution in [3.05, 3.63) is 64.7 Å². The van der Waals surface area contributed by atoms with E-state index in [1.54, 1.807) is 12.1 Å². The third-order valence-electron chi connectivity index (χ3n) is 3.44. The van der Waals surface area contributed by atoms with Crippen LogP contribution in [-0.4, -0.2) is 20.0 Å². The Hall–Kier alpha value is -2.06. The number of rotatable bonds is 4. The Morgan fingerprint density at radius 2 is 1.88 bits per heavy atom. The molecule has 2 aromatic rings. The Labute approximate surface area is 155 Å². The van der Waals surface area contributed by atoms with Crippen LogP contribution in [0.4, 0.5) is 5.69 Å². The minimum Gasteiger partial charge on any atom is -0.323 e. The van der Waals surface area contributed by atoms with E-state index in [4.69, 9.17) is 17.3 Å². The van der Waals surface area contributed by atoms with Crippen LogP contribution in [-0.2, 0) is 11.2 Å². The number of nitrogens with one attached hydrogen (secondary N) is 1. The van der Waals surface area contributed by atoms with Crippen molar-refractivity contribution >= 4 is 31.3 Å². The molecule has 0 unspecified atom stereocenters. The molecule has 0 aliphatic heterocycles. The van der Waals surface area contributed by atoms with Gasteiger partial charge in [0.05, 0.1) is 16.8 Å². The predicted molar refractivity (Wildman–Crippen MR) is 108 cm³/mol. The fourth-order valence-electron chi connectivity index (χ4n) is 2.14. The zero-order valence-electron chi connectivity index (χ0n) is 14.8. The van der Waals surface area contributed by atoms with Crippen LogP contribution in [0.15, 0.2) is 48.5 Å². The molecule has 5 heteroatoms. The van der Waals surface area contributed by atoms with Crippen LogP contribution in [0, 0.1) is 11.5 Å². The maximum absolute atomic E-state index is 12.3. The fourth-order valence-corrected chi connectivity index (χ4v) is 2.89. The first-order valence-electron chi connectivity index (χ1n) is 8.18. The van der Waals surface area contributed by atoms with Gasteiger partial charge in [0.2, 0.25) is 5.91 Å². The Bertz CT molecular complexity index is 804. The summed E-state index contributed by atoms with van der Waals surface area (Å²) in [6.07, 6.45) is 0.476. The van der Waals surface area contributed by atoms with Gasteiger partial charge in [0.15, 0.2) is 0 Å². The molecule has 2 aromatic carbocycles. The molecular formula is C20H23ClN2OSi. The fraction of sp³-hybridized carbons (Fsp3) is 0.250. The summed E-state index contributed by atoms with van der Waals surface area (Å²) in [7, 11) is -1.44. The molecule has 0 bridgehead atoms. The predicted octanol–water partition coefficient (Wildman–Crippen LogP) is 4.08. The van der Waals surface area contributed by atoms with Gasteiger partial charge < -0.3 is 11.1 Å². The normalized spacial score (nSPS) is 12.0. The summed E-state index contributed by atoms with van der Waals surface area (Å²) in [5.74, 6) is 2.89. The summed E-state index contributed by atoms with van der Waals surface area (Å²) >= 11 is 6.28. The molecule has 0 aromatic heterocycles. The van der Waals surface area contributed by atoms with Crippen LogP contribution in [0.5, 0.6) is 0 Å². The minimum absolute atomic E-state index is 0.258. The van der Waals surface area contributed by atoms with Gasteiger partial charge in [-0.2, -0.15) is 0 Å². The molecule has 130 valence electrons. The van der Waals surface area contributed by atoms with Crippen molar-refractivity contribution in [2.75, 3.05) is 5.32 Å². The van der Waals surface area contributed by atoms with Gasteiger partial charge in [-0.25, -0.2) is 0 Å². The Balaban J connectivity index is 2.04. The summed E-state index contributed by atoms with van der Waals surface area (Å²) in [4.78, 5) is 12.3. The molecule has 0 aliphatic carbocycles. The Morgan fingerprint density at radius 3 is 2.48 bits per heavy atom. The Morgan fingerprint density at radius 1 is 1.20 bits per heavy atom. The molecule has 0 saturated heterocycles. The van der Waals surface area contributed by atoms with Crippen molar-refractivity contribution in [3.8, 4) is 11.5 Å². The summed E-state index contributed by atoms with van der Waals surface area (Å²) < 4.78 is 0. The number of anilines is 1. The van der Waals surface area contributed by atoms with E-state index >= 15 is 0 Å². The van der Waals surface area contributed by atoms with Crippen molar-refractivity contribution in [1.82, 2.24) is 0 Å². The second-order valence-corrected chi connectivity index (χ2v) is 12.1. The van der Waals surface area contributed by atoms with Gasteiger partial charge >= 0.3 is 0 Å². The van der Waals surface area contributed by atoms with Gasteiger partial charge in [0.25, 0.3) is 0 Å². The second kappa shape index (κ2) is 8.35. The lowest BCUT2D eigenvalue weighted by atomic mass is 10.1. The van der Waals surface area contributed by atoms with E-state index < -0.39 is 14.1 Å². The maximum Gasteiger partial charge on any atom is 0.241 e. The lowest BCUT2D eigenvalue weighted by Gasteiger charge is -2.13. The van der Waals surface area contributed by atoms with E-state index in [2.05, 4.69) is 36.4 Å². The van der Waals surface area contributed by atoms with Crippen molar-refractivity contribution < 1.29 is 4.79 Å². The van der Waals surface area contributed by atoms with Crippen LogP contribution >= 0.6 is 11.6 Å². The monoisotopic (exact) mass is 370 g/mol. The summed E-state index contributed by atoms with van der Waals surface area (Å²) in [5.41, 5.74) is 11.7. The SMILES string of the molecule is C[Si](C)(C)C#Cc1ccc(NC(=O)[C@@H](N)Cc2ccccc2)c(Cl)c1. The third-order valence-corrected chi connectivity index (χ3v) is 4.63. The molecular weight excluding hydrogens is 348 g/mol. The second-order valence-electron chi connectivity index (χ2n) is 6.98. The summed E-state index contributed by atoms with van der Waals surface area (Å²) in [5, 5.41) is 3.26. The standard InChI is InChI=1S/C20H23ClN2OSi/c1-25(2,3)12-11-16-9-10-19(17(21)13-16)23-20(24)18(22)14-15-7-5-4-6-8-15/h4-10,13,18H,14,22H2,1-3H3,(H,23,24)/t18-/m0/s1. The number of hydrogen-bond acceptors (Lipinski definition) is 2. The molecule has 25 heavy (non-hydrogen) atoms. The van der Waals surface area contributed by atoms with Gasteiger partial charge in [-0.15, -0.1) is 5.54 Å². The highest BCUT2D eigenvalue weighted by molar-refractivity contribution is 6.83. The number of carbonyl (C=O) groups excluding carboxylic acids is 1. The van der Waals surface area contributed by atoms with E-state index in [-0.39, 0.29) is 5.91 Å². The topological polar surface area (TPSA) is 55.1 Å². The zero-order valence-corrected chi connectivity index (χ0v) is 16.5. The number of benzene rings is 2. The average molecular weight is 371 g/mol. The van der Waals surface area contributed by atoms with Crippen LogP contribution in [0.2, 0.25) is 24.7 Å². The Kier molecular flexibility index (Phi) is 6.43. The molecule has 0 spiro atoms. The van der Waals surface area contributed by atoms with Gasteiger partial charge in [0, 0.05) is 5.56 Å². The molecule has 0 saturated carbocycles. The maximum atomic E-state index is 12.3. The highest BCUT2D eigenvalue weighted by Gasteiger charge is 2.15. The molecule has 0 aliphatic rings. The highest BCUT2D eigenvalue weighted by atomic mass is 35.5. The number of amides is 1. The van der Waals surface area contributed by atoms with Gasteiger partial charge in [-0.3, -0.25) is 4.79 Å².